The highest BCUT2D eigenvalue weighted by molar-refractivity contribution is 7.98. The summed E-state index contributed by atoms with van der Waals surface area (Å²) in [4.78, 5) is 21.7. The van der Waals surface area contributed by atoms with E-state index in [0.29, 0.717) is 6.42 Å². The Labute approximate surface area is 99.2 Å². The summed E-state index contributed by atoms with van der Waals surface area (Å²) in [6, 6.07) is -0.387. The molecule has 0 aromatic carbocycles. The highest BCUT2D eigenvalue weighted by atomic mass is 32.2. The van der Waals surface area contributed by atoms with Gasteiger partial charge in [0.25, 0.3) is 0 Å². The Balaban J connectivity index is 4.02. The summed E-state index contributed by atoms with van der Waals surface area (Å²) in [7, 11) is 0. The van der Waals surface area contributed by atoms with Crippen molar-refractivity contribution in [2.24, 2.45) is 0 Å². The number of carboxylic acids is 1. The number of carbonyl (C=O) groups excluding carboxylic acids is 1. The van der Waals surface area contributed by atoms with Crippen molar-refractivity contribution < 1.29 is 19.4 Å². The van der Waals surface area contributed by atoms with E-state index in [2.05, 4.69) is 11.9 Å². The second-order valence-electron chi connectivity index (χ2n) is 3.11. The lowest BCUT2D eigenvalue weighted by atomic mass is 10.1. The summed E-state index contributed by atoms with van der Waals surface area (Å²) in [6.45, 7) is 3.53. The van der Waals surface area contributed by atoms with Gasteiger partial charge in [0.15, 0.2) is 0 Å². The summed E-state index contributed by atoms with van der Waals surface area (Å²) in [5.41, 5.74) is 0. The molecule has 0 rings (SSSR count). The number of hydrogen-bond donors (Lipinski definition) is 2. The molecular formula is C10H17NO4S. The highest BCUT2D eigenvalue weighted by Gasteiger charge is 2.15. The van der Waals surface area contributed by atoms with Crippen LogP contribution >= 0.6 is 11.8 Å². The molecule has 0 bridgehead atoms. The van der Waals surface area contributed by atoms with Crippen LogP contribution in [0.15, 0.2) is 12.7 Å². The SMILES string of the molecule is C=CCOC(=O)N[C@H](CCSC)CC(=O)O. The number of carboxylic acid groups (broad SMARTS) is 1. The van der Waals surface area contributed by atoms with E-state index in [-0.39, 0.29) is 19.1 Å². The molecule has 0 unspecified atom stereocenters. The maximum atomic E-state index is 11.2. The first-order valence-electron chi connectivity index (χ1n) is 4.85. The molecular weight excluding hydrogens is 230 g/mol. The van der Waals surface area contributed by atoms with Gasteiger partial charge in [0.05, 0.1) is 6.42 Å². The van der Waals surface area contributed by atoms with E-state index in [1.165, 1.54) is 6.08 Å². The summed E-state index contributed by atoms with van der Waals surface area (Å²) in [5, 5.41) is 11.2. The van der Waals surface area contributed by atoms with Gasteiger partial charge in [-0.05, 0) is 18.4 Å². The Morgan fingerprint density at radius 3 is 2.81 bits per heavy atom. The maximum absolute atomic E-state index is 11.2. The fourth-order valence-electron chi connectivity index (χ4n) is 1.04. The van der Waals surface area contributed by atoms with Gasteiger partial charge in [-0.1, -0.05) is 12.7 Å². The molecule has 0 aromatic heterocycles. The summed E-state index contributed by atoms with van der Waals surface area (Å²) in [6.07, 6.45) is 3.29. The minimum Gasteiger partial charge on any atom is -0.481 e. The Hall–Kier alpha value is -1.17. The van der Waals surface area contributed by atoms with Gasteiger partial charge in [-0.2, -0.15) is 11.8 Å². The lowest BCUT2D eigenvalue weighted by Crippen LogP contribution is -2.37. The molecule has 2 N–H and O–H groups in total. The number of thioether (sulfide) groups is 1. The Kier molecular flexibility index (Phi) is 8.42. The Morgan fingerprint density at radius 1 is 1.62 bits per heavy atom. The van der Waals surface area contributed by atoms with Gasteiger partial charge in [0.1, 0.15) is 6.61 Å². The zero-order chi connectivity index (χ0) is 12.4. The molecule has 0 aliphatic rings. The summed E-state index contributed by atoms with van der Waals surface area (Å²) in [5.74, 6) is -0.144. The molecule has 0 saturated carbocycles. The van der Waals surface area contributed by atoms with Gasteiger partial charge in [-0.15, -0.1) is 0 Å². The molecule has 0 aromatic rings. The summed E-state index contributed by atoms with van der Waals surface area (Å²) >= 11 is 1.60. The molecule has 0 radical (unpaired) electrons. The molecule has 0 aliphatic heterocycles. The van der Waals surface area contributed by atoms with Crippen LogP contribution in [0, 0.1) is 0 Å². The first kappa shape index (κ1) is 14.8. The van der Waals surface area contributed by atoms with Crippen molar-refractivity contribution in [3.8, 4) is 0 Å². The van der Waals surface area contributed by atoms with E-state index < -0.39 is 12.1 Å². The van der Waals surface area contributed by atoms with Crippen LogP contribution in [0.1, 0.15) is 12.8 Å². The number of rotatable bonds is 8. The maximum Gasteiger partial charge on any atom is 0.407 e. The number of carbonyl (C=O) groups is 2. The van der Waals surface area contributed by atoms with Gasteiger partial charge >= 0.3 is 12.1 Å². The molecule has 1 amide bonds. The van der Waals surface area contributed by atoms with Crippen LogP contribution in [0.3, 0.4) is 0 Å². The average Bonchev–Trinajstić information content (AvgIpc) is 2.22. The highest BCUT2D eigenvalue weighted by Crippen LogP contribution is 2.04. The largest absolute Gasteiger partial charge is 0.481 e. The number of aliphatic carboxylic acids is 1. The predicted molar refractivity (Wildman–Crippen MR) is 63.7 cm³/mol. The number of ether oxygens (including phenoxy) is 1. The smallest absolute Gasteiger partial charge is 0.407 e. The van der Waals surface area contributed by atoms with E-state index in [1.807, 2.05) is 6.26 Å². The fourth-order valence-corrected chi connectivity index (χ4v) is 1.56. The van der Waals surface area contributed by atoms with Gasteiger partial charge < -0.3 is 15.2 Å². The van der Waals surface area contributed by atoms with Crippen LogP contribution in [0.25, 0.3) is 0 Å². The topological polar surface area (TPSA) is 75.6 Å². The van der Waals surface area contributed by atoms with E-state index >= 15 is 0 Å². The third kappa shape index (κ3) is 8.16. The molecule has 92 valence electrons. The Bertz CT molecular complexity index is 245. The van der Waals surface area contributed by atoms with Crippen molar-refractivity contribution in [1.82, 2.24) is 5.32 Å². The predicted octanol–water partition coefficient (Wildman–Crippen LogP) is 1.50. The zero-order valence-corrected chi connectivity index (χ0v) is 10.1. The molecule has 1 atom stereocenters. The first-order valence-corrected chi connectivity index (χ1v) is 6.24. The quantitative estimate of drug-likeness (QED) is 0.636. The van der Waals surface area contributed by atoms with Gasteiger partial charge in [-0.25, -0.2) is 4.79 Å². The van der Waals surface area contributed by atoms with Crippen LogP contribution in [-0.4, -0.2) is 41.8 Å². The molecule has 0 saturated heterocycles. The molecule has 0 fully saturated rings. The normalized spacial score (nSPS) is 11.6. The molecule has 5 nitrogen and oxygen atoms in total. The number of hydrogen-bond acceptors (Lipinski definition) is 4. The average molecular weight is 247 g/mol. The molecule has 0 heterocycles. The first-order chi connectivity index (χ1) is 7.60. The van der Waals surface area contributed by atoms with Gasteiger partial charge in [0.2, 0.25) is 0 Å². The standard InChI is InChI=1S/C10H17NO4S/c1-3-5-15-10(14)11-8(4-6-16-2)7-9(12)13/h3,8H,1,4-7H2,2H3,(H,11,14)(H,12,13)/t8-/m1/s1. The van der Waals surface area contributed by atoms with Crippen molar-refractivity contribution in [1.29, 1.82) is 0 Å². The van der Waals surface area contributed by atoms with Crippen molar-refractivity contribution in [2.45, 2.75) is 18.9 Å². The zero-order valence-electron chi connectivity index (χ0n) is 9.27. The minimum atomic E-state index is -0.935. The van der Waals surface area contributed by atoms with Crippen molar-refractivity contribution in [3.63, 3.8) is 0 Å². The second-order valence-corrected chi connectivity index (χ2v) is 4.09. The second kappa shape index (κ2) is 9.08. The minimum absolute atomic E-state index is 0.0935. The summed E-state index contributed by atoms with van der Waals surface area (Å²) < 4.78 is 4.72. The third-order valence-corrected chi connectivity index (χ3v) is 2.39. The monoisotopic (exact) mass is 247 g/mol. The van der Waals surface area contributed by atoms with Crippen LogP contribution in [0.2, 0.25) is 0 Å². The van der Waals surface area contributed by atoms with Gasteiger partial charge in [0, 0.05) is 6.04 Å². The lowest BCUT2D eigenvalue weighted by Gasteiger charge is -2.15. The van der Waals surface area contributed by atoms with Crippen LogP contribution in [0.5, 0.6) is 0 Å². The molecule has 16 heavy (non-hydrogen) atoms. The fraction of sp³-hybridized carbons (Fsp3) is 0.600. The van der Waals surface area contributed by atoms with E-state index in [9.17, 15) is 9.59 Å². The van der Waals surface area contributed by atoms with E-state index in [0.717, 1.165) is 5.75 Å². The Morgan fingerprint density at radius 2 is 2.31 bits per heavy atom. The van der Waals surface area contributed by atoms with Crippen LogP contribution < -0.4 is 5.32 Å². The number of amides is 1. The van der Waals surface area contributed by atoms with Crippen molar-refractivity contribution in [3.05, 3.63) is 12.7 Å². The lowest BCUT2D eigenvalue weighted by molar-refractivity contribution is -0.137. The number of alkyl carbamates (subject to hydrolysis) is 1. The van der Waals surface area contributed by atoms with Crippen LogP contribution in [0.4, 0.5) is 4.79 Å². The number of nitrogens with one attached hydrogen (secondary N) is 1. The van der Waals surface area contributed by atoms with Gasteiger partial charge in [-0.3, -0.25) is 4.79 Å². The van der Waals surface area contributed by atoms with Crippen molar-refractivity contribution in [2.75, 3.05) is 18.6 Å². The molecule has 0 aliphatic carbocycles. The van der Waals surface area contributed by atoms with Crippen LogP contribution in [-0.2, 0) is 9.53 Å². The molecule has 6 heteroatoms. The third-order valence-electron chi connectivity index (χ3n) is 1.75. The van der Waals surface area contributed by atoms with E-state index in [1.54, 1.807) is 11.8 Å². The van der Waals surface area contributed by atoms with E-state index in [4.69, 9.17) is 9.84 Å². The molecule has 0 spiro atoms. The van der Waals surface area contributed by atoms with Crippen molar-refractivity contribution >= 4 is 23.8 Å².